The molecule has 2 aliphatic rings. The van der Waals surface area contributed by atoms with Gasteiger partial charge in [0.25, 0.3) is 5.91 Å². The Bertz CT molecular complexity index is 263. The normalized spacial score (nSPS) is 24.5. The molecule has 0 atom stereocenters. The van der Waals surface area contributed by atoms with E-state index in [4.69, 9.17) is 0 Å². The molecule has 0 aromatic rings. The van der Waals surface area contributed by atoms with E-state index in [2.05, 4.69) is 11.9 Å². The number of amides is 1. The summed E-state index contributed by atoms with van der Waals surface area (Å²) in [6, 6.07) is 0. The third-order valence-electron chi connectivity index (χ3n) is 3.24. The van der Waals surface area contributed by atoms with Crippen molar-refractivity contribution < 1.29 is 9.18 Å². The number of hydrogen-bond acceptors (Lipinski definition) is 2. The van der Waals surface area contributed by atoms with Crippen LogP contribution in [-0.4, -0.2) is 37.0 Å². The second-order valence-corrected chi connectivity index (χ2v) is 4.32. The van der Waals surface area contributed by atoms with Crippen molar-refractivity contribution in [2.45, 2.75) is 12.8 Å². The molecule has 0 aromatic heterocycles. The fourth-order valence-corrected chi connectivity index (χ4v) is 2.35. The molecule has 2 aliphatic heterocycles. The second-order valence-electron chi connectivity index (χ2n) is 4.32. The predicted molar refractivity (Wildman–Crippen MR) is 51.4 cm³/mol. The first kappa shape index (κ1) is 9.65. The van der Waals surface area contributed by atoms with Crippen molar-refractivity contribution in [1.29, 1.82) is 0 Å². The van der Waals surface area contributed by atoms with Crippen LogP contribution < -0.4 is 5.32 Å². The van der Waals surface area contributed by atoms with Crippen LogP contribution in [0.4, 0.5) is 4.39 Å². The summed E-state index contributed by atoms with van der Waals surface area (Å²) < 4.78 is 12.5. The van der Waals surface area contributed by atoms with Gasteiger partial charge in [-0.15, -0.1) is 0 Å². The van der Waals surface area contributed by atoms with Gasteiger partial charge in [-0.05, 0) is 25.9 Å². The summed E-state index contributed by atoms with van der Waals surface area (Å²) in [6.07, 6.45) is 2.19. The Morgan fingerprint density at radius 1 is 1.36 bits per heavy atom. The topological polar surface area (TPSA) is 32.3 Å². The summed E-state index contributed by atoms with van der Waals surface area (Å²) in [4.78, 5) is 12.7. The fraction of sp³-hybridized carbons (Fsp3) is 0.700. The van der Waals surface area contributed by atoms with E-state index in [1.165, 1.54) is 0 Å². The molecular formula is C10H15FN2O. The smallest absolute Gasteiger partial charge is 0.282 e. The summed E-state index contributed by atoms with van der Waals surface area (Å²) in [6.45, 7) is 6.46. The minimum atomic E-state index is -0.839. The van der Waals surface area contributed by atoms with Crippen molar-refractivity contribution in [3.05, 3.63) is 12.4 Å². The molecule has 78 valence electrons. The van der Waals surface area contributed by atoms with E-state index >= 15 is 0 Å². The molecule has 4 heteroatoms. The number of piperidine rings is 1. The Morgan fingerprint density at radius 3 is 2.43 bits per heavy atom. The second kappa shape index (κ2) is 3.35. The summed E-state index contributed by atoms with van der Waals surface area (Å²) in [7, 11) is 0. The van der Waals surface area contributed by atoms with E-state index in [9.17, 15) is 9.18 Å². The molecular weight excluding hydrogens is 183 g/mol. The largest absolute Gasteiger partial charge is 0.335 e. The van der Waals surface area contributed by atoms with E-state index < -0.39 is 11.7 Å². The maximum atomic E-state index is 12.5. The highest BCUT2D eigenvalue weighted by Gasteiger charge is 2.45. The standard InChI is InChI=1S/C10H15FN2O/c1-8(11)9(14)13-6-10(7-13)2-4-12-5-3-10/h12H,1-7H2. The molecule has 2 heterocycles. The maximum absolute atomic E-state index is 12.5. The van der Waals surface area contributed by atoms with E-state index in [1.807, 2.05) is 0 Å². The van der Waals surface area contributed by atoms with Gasteiger partial charge < -0.3 is 10.2 Å². The van der Waals surface area contributed by atoms with Gasteiger partial charge in [0.2, 0.25) is 0 Å². The highest BCUT2D eigenvalue weighted by molar-refractivity contribution is 5.91. The SMILES string of the molecule is C=C(F)C(=O)N1CC2(CCNCC2)C1. The summed E-state index contributed by atoms with van der Waals surface area (Å²) >= 11 is 0. The zero-order chi connectivity index (χ0) is 10.2. The molecule has 14 heavy (non-hydrogen) atoms. The van der Waals surface area contributed by atoms with Gasteiger partial charge in [-0.3, -0.25) is 4.79 Å². The van der Waals surface area contributed by atoms with Crippen molar-refractivity contribution >= 4 is 5.91 Å². The third kappa shape index (κ3) is 1.54. The minimum absolute atomic E-state index is 0.274. The van der Waals surface area contributed by atoms with E-state index in [0.717, 1.165) is 25.9 Å². The molecule has 0 saturated carbocycles. The maximum Gasteiger partial charge on any atom is 0.282 e. The zero-order valence-corrected chi connectivity index (χ0v) is 8.18. The first-order valence-electron chi connectivity index (χ1n) is 4.97. The molecule has 2 saturated heterocycles. The van der Waals surface area contributed by atoms with Crippen LogP contribution in [0, 0.1) is 5.41 Å². The predicted octanol–water partition coefficient (Wildman–Crippen LogP) is 0.682. The average molecular weight is 198 g/mol. The van der Waals surface area contributed by atoms with Gasteiger partial charge >= 0.3 is 0 Å². The van der Waals surface area contributed by atoms with Crippen LogP contribution in [0.5, 0.6) is 0 Å². The number of likely N-dealkylation sites (tertiary alicyclic amines) is 1. The highest BCUT2D eigenvalue weighted by Crippen LogP contribution is 2.39. The molecule has 2 rings (SSSR count). The van der Waals surface area contributed by atoms with Crippen molar-refractivity contribution in [3.8, 4) is 0 Å². The monoisotopic (exact) mass is 198 g/mol. The number of rotatable bonds is 1. The number of carbonyl (C=O) groups excluding carboxylic acids is 1. The average Bonchev–Trinajstić information content (AvgIpc) is 2.14. The van der Waals surface area contributed by atoms with Crippen LogP contribution >= 0.6 is 0 Å². The van der Waals surface area contributed by atoms with Crippen molar-refractivity contribution in [1.82, 2.24) is 10.2 Å². The van der Waals surface area contributed by atoms with E-state index in [0.29, 0.717) is 13.1 Å². The third-order valence-corrected chi connectivity index (χ3v) is 3.24. The van der Waals surface area contributed by atoms with Gasteiger partial charge in [0, 0.05) is 18.5 Å². The van der Waals surface area contributed by atoms with Gasteiger partial charge in [0.05, 0.1) is 0 Å². The molecule has 1 amide bonds. The lowest BCUT2D eigenvalue weighted by molar-refractivity contribution is -0.142. The van der Waals surface area contributed by atoms with Gasteiger partial charge in [-0.1, -0.05) is 6.58 Å². The van der Waals surface area contributed by atoms with Gasteiger partial charge in [-0.2, -0.15) is 0 Å². The zero-order valence-electron chi connectivity index (χ0n) is 8.18. The van der Waals surface area contributed by atoms with Crippen LogP contribution in [0.2, 0.25) is 0 Å². The van der Waals surface area contributed by atoms with Gasteiger partial charge in [0.1, 0.15) is 0 Å². The van der Waals surface area contributed by atoms with Crippen LogP contribution in [-0.2, 0) is 4.79 Å². The van der Waals surface area contributed by atoms with Gasteiger partial charge in [-0.25, -0.2) is 4.39 Å². The van der Waals surface area contributed by atoms with Crippen molar-refractivity contribution in [2.24, 2.45) is 5.41 Å². The van der Waals surface area contributed by atoms with E-state index in [-0.39, 0.29) is 5.41 Å². The number of nitrogens with zero attached hydrogens (tertiary/aromatic N) is 1. The Labute approximate surface area is 83.0 Å². The summed E-state index contributed by atoms with van der Waals surface area (Å²) in [5.74, 6) is -1.37. The number of nitrogens with one attached hydrogen (secondary N) is 1. The van der Waals surface area contributed by atoms with E-state index in [1.54, 1.807) is 4.90 Å². The molecule has 0 aliphatic carbocycles. The Hall–Kier alpha value is -0.900. The van der Waals surface area contributed by atoms with Crippen LogP contribution in [0.3, 0.4) is 0 Å². The number of carbonyl (C=O) groups is 1. The van der Waals surface area contributed by atoms with Gasteiger partial charge in [0.15, 0.2) is 5.83 Å². The molecule has 0 aromatic carbocycles. The summed E-state index contributed by atoms with van der Waals surface area (Å²) in [5.41, 5.74) is 0.274. The summed E-state index contributed by atoms with van der Waals surface area (Å²) in [5, 5.41) is 3.28. The lowest BCUT2D eigenvalue weighted by Crippen LogP contribution is -2.61. The number of halogens is 1. The number of hydrogen-bond donors (Lipinski definition) is 1. The Balaban J connectivity index is 1.88. The van der Waals surface area contributed by atoms with Crippen LogP contribution in [0.15, 0.2) is 12.4 Å². The lowest BCUT2D eigenvalue weighted by atomic mass is 9.72. The van der Waals surface area contributed by atoms with Crippen LogP contribution in [0.25, 0.3) is 0 Å². The van der Waals surface area contributed by atoms with Crippen molar-refractivity contribution in [3.63, 3.8) is 0 Å². The fourth-order valence-electron chi connectivity index (χ4n) is 2.35. The molecule has 0 bridgehead atoms. The molecule has 1 N–H and O–H groups in total. The molecule has 0 radical (unpaired) electrons. The molecule has 2 fully saturated rings. The minimum Gasteiger partial charge on any atom is -0.335 e. The van der Waals surface area contributed by atoms with Crippen LogP contribution in [0.1, 0.15) is 12.8 Å². The quantitative estimate of drug-likeness (QED) is 0.628. The molecule has 0 unspecified atom stereocenters. The molecule has 3 nitrogen and oxygen atoms in total. The molecule has 1 spiro atoms. The highest BCUT2D eigenvalue weighted by atomic mass is 19.1. The lowest BCUT2D eigenvalue weighted by Gasteiger charge is -2.52. The first-order chi connectivity index (χ1) is 6.63. The van der Waals surface area contributed by atoms with Crippen molar-refractivity contribution in [2.75, 3.05) is 26.2 Å². The Kier molecular flexibility index (Phi) is 2.31. The first-order valence-corrected chi connectivity index (χ1v) is 4.97. The Morgan fingerprint density at radius 2 is 1.93 bits per heavy atom.